The van der Waals surface area contributed by atoms with Crippen molar-refractivity contribution >= 4 is 37.7 Å². The Morgan fingerprint density at radius 3 is 2.63 bits per heavy atom. The molecule has 5 nitrogen and oxygen atoms in total. The maximum atomic E-state index is 12.5. The molecule has 110 valence electrons. The smallest absolute Gasteiger partial charge is 0.247 e. The van der Waals surface area contributed by atoms with E-state index in [1.54, 1.807) is 18.8 Å². The monoisotopic (exact) mass is 371 g/mol. The number of nitrogens with zero attached hydrogens (tertiary/aromatic N) is 1. The lowest BCUT2D eigenvalue weighted by atomic mass is 10.3. The van der Waals surface area contributed by atoms with Crippen molar-refractivity contribution in [2.24, 2.45) is 0 Å². The summed E-state index contributed by atoms with van der Waals surface area (Å²) in [6, 6.07) is 1.28. The van der Waals surface area contributed by atoms with E-state index in [1.165, 1.54) is 10.4 Å². The number of halogens is 1. The summed E-state index contributed by atoms with van der Waals surface area (Å²) in [4.78, 5) is 0.0543. The van der Waals surface area contributed by atoms with Gasteiger partial charge in [0.2, 0.25) is 10.0 Å². The van der Waals surface area contributed by atoms with Crippen LogP contribution in [0.5, 0.6) is 0 Å². The van der Waals surface area contributed by atoms with Crippen LogP contribution in [-0.2, 0) is 16.6 Å². The molecular weight excluding hydrogens is 354 g/mol. The average Bonchev–Trinajstić information content (AvgIpc) is 2.77. The Kier molecular flexibility index (Phi) is 6.38. The molecule has 0 bridgehead atoms. The molecule has 0 saturated heterocycles. The molecule has 1 aromatic rings. The van der Waals surface area contributed by atoms with Crippen LogP contribution >= 0.6 is 27.7 Å². The summed E-state index contributed by atoms with van der Waals surface area (Å²) in [6.45, 7) is 1.62. The zero-order valence-corrected chi connectivity index (χ0v) is 14.3. The highest BCUT2D eigenvalue weighted by molar-refractivity contribution is 9.10. The molecule has 1 atom stereocenters. The molecule has 0 aliphatic heterocycles. The third-order valence-corrected chi connectivity index (χ3v) is 6.35. The molecule has 0 fully saturated rings. The largest absolute Gasteiger partial charge is 0.450 e. The van der Waals surface area contributed by atoms with E-state index in [0.29, 0.717) is 0 Å². The van der Waals surface area contributed by atoms with Crippen LogP contribution in [0.3, 0.4) is 0 Å². The number of rotatable bonds is 7. The Morgan fingerprint density at radius 2 is 2.21 bits per heavy atom. The highest BCUT2D eigenvalue weighted by Crippen LogP contribution is 2.29. The number of thioether (sulfide) groups is 1. The van der Waals surface area contributed by atoms with Gasteiger partial charge in [-0.05, 0) is 28.6 Å². The van der Waals surface area contributed by atoms with Crippen LogP contribution in [0.15, 0.2) is 20.0 Å². The van der Waals surface area contributed by atoms with Crippen molar-refractivity contribution in [3.05, 3.63) is 16.5 Å². The predicted molar refractivity (Wildman–Crippen MR) is 79.7 cm³/mol. The number of hydrogen-bond acceptors (Lipinski definition) is 5. The summed E-state index contributed by atoms with van der Waals surface area (Å²) in [6.07, 6.45) is 2.68. The first-order valence-corrected chi connectivity index (χ1v) is 9.37. The van der Waals surface area contributed by atoms with Gasteiger partial charge in [0, 0.05) is 24.9 Å². The van der Waals surface area contributed by atoms with Crippen LogP contribution < -0.4 is 0 Å². The van der Waals surface area contributed by atoms with E-state index in [4.69, 9.17) is 9.52 Å². The second-order valence-corrected chi connectivity index (χ2v) is 7.64. The molecule has 0 radical (unpaired) electrons. The highest BCUT2D eigenvalue weighted by atomic mass is 79.9. The third kappa shape index (κ3) is 3.75. The number of hydrogen-bond donors (Lipinski definition) is 1. The molecular formula is C11H18BrNO4S2. The van der Waals surface area contributed by atoms with Crippen LogP contribution in [0.4, 0.5) is 0 Å². The molecule has 0 aliphatic carbocycles. The van der Waals surface area contributed by atoms with Crippen molar-refractivity contribution in [1.29, 1.82) is 0 Å². The molecule has 1 heterocycles. The minimum Gasteiger partial charge on any atom is -0.450 e. The Bertz CT molecular complexity index is 515. The average molecular weight is 372 g/mol. The SMILES string of the molecule is CCC(CSC)N(C)S(=O)(=O)c1cc(CO)oc1Br. The molecule has 1 unspecified atom stereocenters. The summed E-state index contributed by atoms with van der Waals surface area (Å²) in [7, 11) is -2.06. The van der Waals surface area contributed by atoms with Crippen molar-refractivity contribution in [3.8, 4) is 0 Å². The van der Waals surface area contributed by atoms with E-state index < -0.39 is 10.0 Å². The minimum absolute atomic E-state index is 0.0543. The lowest BCUT2D eigenvalue weighted by Crippen LogP contribution is -2.38. The second-order valence-electron chi connectivity index (χ2n) is 4.05. The summed E-state index contributed by atoms with van der Waals surface area (Å²) in [5.41, 5.74) is 0. The Labute approximate surface area is 126 Å². The molecule has 0 spiro atoms. The molecule has 8 heteroatoms. The first kappa shape index (κ1) is 17.0. The van der Waals surface area contributed by atoms with Gasteiger partial charge in [-0.15, -0.1) is 0 Å². The first-order chi connectivity index (χ1) is 8.88. The van der Waals surface area contributed by atoms with E-state index >= 15 is 0 Å². The zero-order valence-electron chi connectivity index (χ0n) is 11.1. The summed E-state index contributed by atoms with van der Waals surface area (Å²) >= 11 is 4.69. The van der Waals surface area contributed by atoms with Gasteiger partial charge in [-0.3, -0.25) is 0 Å². The Morgan fingerprint density at radius 1 is 1.58 bits per heavy atom. The maximum Gasteiger partial charge on any atom is 0.247 e. The maximum absolute atomic E-state index is 12.5. The van der Waals surface area contributed by atoms with E-state index in [2.05, 4.69) is 15.9 Å². The lowest BCUT2D eigenvalue weighted by molar-refractivity contribution is 0.245. The topological polar surface area (TPSA) is 70.8 Å². The normalized spacial score (nSPS) is 14.0. The van der Waals surface area contributed by atoms with Crippen molar-refractivity contribution in [3.63, 3.8) is 0 Å². The van der Waals surface area contributed by atoms with Gasteiger partial charge in [-0.25, -0.2) is 8.42 Å². The number of aliphatic hydroxyl groups excluding tert-OH is 1. The molecule has 1 N–H and O–H groups in total. The standard InChI is InChI=1S/C11H18BrNO4S2/c1-4-8(7-18-3)13(2)19(15,16)10-5-9(6-14)17-11(10)12/h5,8,14H,4,6-7H2,1-3H3. The second kappa shape index (κ2) is 7.12. The highest BCUT2D eigenvalue weighted by Gasteiger charge is 2.30. The van der Waals surface area contributed by atoms with Gasteiger partial charge in [0.15, 0.2) is 4.67 Å². The van der Waals surface area contributed by atoms with Crippen molar-refractivity contribution in [1.82, 2.24) is 4.31 Å². The van der Waals surface area contributed by atoms with Gasteiger partial charge in [0.25, 0.3) is 0 Å². The first-order valence-electron chi connectivity index (χ1n) is 5.74. The van der Waals surface area contributed by atoms with E-state index in [9.17, 15) is 8.42 Å². The van der Waals surface area contributed by atoms with E-state index in [1.807, 2.05) is 13.2 Å². The quantitative estimate of drug-likeness (QED) is 0.795. The molecule has 0 aliphatic rings. The van der Waals surface area contributed by atoms with Crippen LogP contribution in [0, 0.1) is 0 Å². The number of furan rings is 1. The van der Waals surface area contributed by atoms with Gasteiger partial charge in [0.05, 0.1) is 0 Å². The fraction of sp³-hybridized carbons (Fsp3) is 0.636. The van der Waals surface area contributed by atoms with Gasteiger partial charge < -0.3 is 9.52 Å². The molecule has 0 amide bonds. The van der Waals surface area contributed by atoms with Gasteiger partial charge in [-0.2, -0.15) is 16.1 Å². The molecule has 0 aromatic carbocycles. The fourth-order valence-electron chi connectivity index (χ4n) is 1.68. The van der Waals surface area contributed by atoms with Crippen LogP contribution in [-0.4, -0.2) is 42.9 Å². The number of sulfonamides is 1. The van der Waals surface area contributed by atoms with Crippen LogP contribution in [0.2, 0.25) is 0 Å². The van der Waals surface area contributed by atoms with Crippen molar-refractivity contribution in [2.75, 3.05) is 19.1 Å². The predicted octanol–water partition coefficient (Wildman–Crippen LogP) is 2.30. The summed E-state index contributed by atoms with van der Waals surface area (Å²) < 4.78 is 31.6. The van der Waals surface area contributed by atoms with Crippen molar-refractivity contribution in [2.45, 2.75) is 30.9 Å². The molecule has 0 saturated carbocycles. The fourth-order valence-corrected chi connectivity index (χ4v) is 5.00. The molecule has 1 aromatic heterocycles. The van der Waals surface area contributed by atoms with Gasteiger partial charge >= 0.3 is 0 Å². The third-order valence-electron chi connectivity index (χ3n) is 2.86. The lowest BCUT2D eigenvalue weighted by Gasteiger charge is -2.25. The Hall–Kier alpha value is -0.0200. The van der Waals surface area contributed by atoms with E-state index in [-0.39, 0.29) is 28.0 Å². The molecule has 19 heavy (non-hydrogen) atoms. The Balaban J connectivity index is 3.11. The van der Waals surface area contributed by atoms with Crippen molar-refractivity contribution < 1.29 is 17.9 Å². The van der Waals surface area contributed by atoms with Gasteiger partial charge in [-0.1, -0.05) is 6.92 Å². The molecule has 1 rings (SSSR count). The summed E-state index contributed by atoms with van der Waals surface area (Å²) in [5.74, 6) is 0.950. The van der Waals surface area contributed by atoms with E-state index in [0.717, 1.165) is 12.2 Å². The van der Waals surface area contributed by atoms with Crippen LogP contribution in [0.1, 0.15) is 19.1 Å². The van der Waals surface area contributed by atoms with Crippen LogP contribution in [0.25, 0.3) is 0 Å². The summed E-state index contributed by atoms with van der Waals surface area (Å²) in [5, 5.41) is 8.99. The van der Waals surface area contributed by atoms with Gasteiger partial charge in [0.1, 0.15) is 17.3 Å². The minimum atomic E-state index is -3.62. The number of aliphatic hydroxyl groups is 1. The zero-order chi connectivity index (χ0) is 14.6.